The SMILES string of the molecule is C=C(C)[C@@H]1CC[C@]2(CCC(=O)OCCC#N)CC[C@]3(C)[C@H](CC[C@@H]4[C@@]5(C)CC[C@H](OC(=O)CC(C)(C)CC(=O)O)C(C)(C)[C@@H]5CC[C@]43C)[C@@H]12. The predicted molar refractivity (Wildman–Crippen MR) is 190 cm³/mol. The van der Waals surface area contributed by atoms with Crippen LogP contribution in [0, 0.1) is 73.4 Å². The Morgan fingerprint density at radius 1 is 0.878 bits per heavy atom. The Balaban J connectivity index is 1.36. The van der Waals surface area contributed by atoms with Gasteiger partial charge in [0.25, 0.3) is 0 Å². The largest absolute Gasteiger partial charge is 0.481 e. The number of carboxylic acids is 1. The third-order valence-electron chi connectivity index (χ3n) is 16.0. The summed E-state index contributed by atoms with van der Waals surface area (Å²) in [5.41, 5.74) is 1.20. The summed E-state index contributed by atoms with van der Waals surface area (Å²) in [7, 11) is 0. The number of carbonyl (C=O) groups excluding carboxylic acids is 2. The van der Waals surface area contributed by atoms with Crippen LogP contribution in [-0.4, -0.2) is 35.7 Å². The zero-order chi connectivity index (χ0) is 36.2. The summed E-state index contributed by atoms with van der Waals surface area (Å²) < 4.78 is 11.7. The molecule has 0 spiro atoms. The molecule has 49 heavy (non-hydrogen) atoms. The summed E-state index contributed by atoms with van der Waals surface area (Å²) in [6.07, 6.45) is 12.8. The van der Waals surface area contributed by atoms with Crippen molar-refractivity contribution in [3.8, 4) is 6.07 Å². The van der Waals surface area contributed by atoms with Crippen LogP contribution >= 0.6 is 0 Å². The lowest BCUT2D eigenvalue weighted by Gasteiger charge is -2.73. The highest BCUT2D eigenvalue weighted by atomic mass is 16.5. The third-order valence-corrected chi connectivity index (χ3v) is 16.0. The van der Waals surface area contributed by atoms with Crippen LogP contribution in [0.5, 0.6) is 0 Å². The molecule has 5 saturated carbocycles. The minimum atomic E-state index is -0.889. The lowest BCUT2D eigenvalue weighted by atomic mass is 9.32. The maximum absolute atomic E-state index is 13.2. The number of hydrogen-bond donors (Lipinski definition) is 1. The molecule has 5 aliphatic rings. The predicted octanol–water partition coefficient (Wildman–Crippen LogP) is 9.68. The molecule has 0 radical (unpaired) electrons. The van der Waals surface area contributed by atoms with Crippen molar-refractivity contribution in [2.75, 3.05) is 6.61 Å². The molecule has 10 atom stereocenters. The minimum Gasteiger partial charge on any atom is -0.481 e. The highest BCUT2D eigenvalue weighted by Crippen LogP contribution is 2.78. The molecule has 0 amide bonds. The van der Waals surface area contributed by atoms with E-state index in [-0.39, 0.29) is 71.0 Å². The molecule has 0 aliphatic heterocycles. The summed E-state index contributed by atoms with van der Waals surface area (Å²) in [4.78, 5) is 37.3. The number of allylic oxidation sites excluding steroid dienone is 1. The van der Waals surface area contributed by atoms with Crippen molar-refractivity contribution in [3.05, 3.63) is 12.2 Å². The van der Waals surface area contributed by atoms with Gasteiger partial charge in [-0.2, -0.15) is 5.26 Å². The Labute approximate surface area is 296 Å². The van der Waals surface area contributed by atoms with Gasteiger partial charge in [0.1, 0.15) is 12.7 Å². The molecule has 7 heteroatoms. The number of nitrogens with zero attached hydrogens (tertiary/aromatic N) is 1. The van der Waals surface area contributed by atoms with E-state index in [0.717, 1.165) is 44.9 Å². The fourth-order valence-corrected chi connectivity index (χ4v) is 13.6. The normalized spacial score (nSPS) is 40.8. The van der Waals surface area contributed by atoms with Gasteiger partial charge in [-0.05, 0) is 134 Å². The number of carboxylic acid groups (broad SMARTS) is 1. The van der Waals surface area contributed by atoms with Crippen molar-refractivity contribution in [2.45, 2.75) is 158 Å². The van der Waals surface area contributed by atoms with Gasteiger partial charge < -0.3 is 14.6 Å². The van der Waals surface area contributed by atoms with Crippen LogP contribution in [0.3, 0.4) is 0 Å². The van der Waals surface area contributed by atoms with E-state index < -0.39 is 11.4 Å². The Hall–Kier alpha value is -2.36. The Kier molecular flexibility index (Phi) is 10.3. The second-order valence-corrected chi connectivity index (χ2v) is 19.4. The second kappa shape index (κ2) is 13.3. The molecule has 1 N–H and O–H groups in total. The molecule has 0 aromatic rings. The molecular formula is C42H65NO6. The number of fused-ring (bicyclic) bond motifs is 7. The molecule has 0 unspecified atom stereocenters. The maximum Gasteiger partial charge on any atom is 0.306 e. The van der Waals surface area contributed by atoms with Gasteiger partial charge in [-0.3, -0.25) is 14.4 Å². The molecule has 5 rings (SSSR count). The summed E-state index contributed by atoms with van der Waals surface area (Å²) >= 11 is 0. The summed E-state index contributed by atoms with van der Waals surface area (Å²) in [6.45, 7) is 23.1. The van der Waals surface area contributed by atoms with Gasteiger partial charge in [0.2, 0.25) is 0 Å². The fourth-order valence-electron chi connectivity index (χ4n) is 13.6. The molecule has 274 valence electrons. The van der Waals surface area contributed by atoms with Gasteiger partial charge in [-0.25, -0.2) is 0 Å². The third kappa shape index (κ3) is 6.50. The van der Waals surface area contributed by atoms with Crippen molar-refractivity contribution >= 4 is 17.9 Å². The average molecular weight is 680 g/mol. The Morgan fingerprint density at radius 2 is 1.59 bits per heavy atom. The van der Waals surface area contributed by atoms with Crippen LogP contribution in [0.4, 0.5) is 0 Å². The van der Waals surface area contributed by atoms with Crippen molar-refractivity contribution in [2.24, 2.45) is 62.1 Å². The van der Waals surface area contributed by atoms with E-state index in [9.17, 15) is 19.5 Å². The van der Waals surface area contributed by atoms with Crippen LogP contribution in [0.25, 0.3) is 0 Å². The first-order valence-corrected chi connectivity index (χ1v) is 19.4. The first-order chi connectivity index (χ1) is 22.8. The zero-order valence-corrected chi connectivity index (χ0v) is 31.9. The number of rotatable bonds is 11. The highest BCUT2D eigenvalue weighted by molar-refractivity contribution is 5.73. The molecule has 0 aromatic heterocycles. The number of nitriles is 1. The van der Waals surface area contributed by atoms with Crippen LogP contribution < -0.4 is 0 Å². The first kappa shape index (κ1) is 37.9. The van der Waals surface area contributed by atoms with Crippen LogP contribution in [0.2, 0.25) is 0 Å². The van der Waals surface area contributed by atoms with Gasteiger partial charge in [-0.15, -0.1) is 0 Å². The zero-order valence-electron chi connectivity index (χ0n) is 31.9. The fraction of sp³-hybridized carbons (Fsp3) is 0.857. The highest BCUT2D eigenvalue weighted by Gasteiger charge is 2.71. The topological polar surface area (TPSA) is 114 Å². The molecule has 5 aliphatic carbocycles. The molecule has 0 aromatic carbocycles. The average Bonchev–Trinajstić information content (AvgIpc) is 3.37. The lowest BCUT2D eigenvalue weighted by Crippen LogP contribution is -2.66. The quantitative estimate of drug-likeness (QED) is 0.131. The molecule has 0 bridgehead atoms. The lowest BCUT2D eigenvalue weighted by molar-refractivity contribution is -0.250. The first-order valence-electron chi connectivity index (χ1n) is 19.4. The smallest absolute Gasteiger partial charge is 0.306 e. The number of carbonyl (C=O) groups is 3. The van der Waals surface area contributed by atoms with E-state index in [2.05, 4.69) is 54.2 Å². The van der Waals surface area contributed by atoms with Gasteiger partial charge in [0.05, 0.1) is 25.3 Å². The monoisotopic (exact) mass is 679 g/mol. The van der Waals surface area contributed by atoms with Gasteiger partial charge in [-0.1, -0.05) is 60.6 Å². The molecule has 5 fully saturated rings. The molecular weight excluding hydrogens is 614 g/mol. The second-order valence-electron chi connectivity index (χ2n) is 19.4. The van der Waals surface area contributed by atoms with Crippen LogP contribution in [0.15, 0.2) is 12.2 Å². The van der Waals surface area contributed by atoms with E-state index in [4.69, 9.17) is 14.7 Å². The number of hydrogen-bond acceptors (Lipinski definition) is 6. The van der Waals surface area contributed by atoms with Gasteiger partial charge in [0.15, 0.2) is 0 Å². The van der Waals surface area contributed by atoms with E-state index in [1.54, 1.807) is 0 Å². The summed E-state index contributed by atoms with van der Waals surface area (Å²) in [5, 5.41) is 18.2. The van der Waals surface area contributed by atoms with Gasteiger partial charge in [0, 0.05) is 11.8 Å². The summed E-state index contributed by atoms with van der Waals surface area (Å²) in [6, 6.07) is 2.07. The van der Waals surface area contributed by atoms with Crippen molar-refractivity contribution in [1.82, 2.24) is 0 Å². The van der Waals surface area contributed by atoms with E-state index in [0.29, 0.717) is 36.0 Å². The number of ether oxygens (including phenoxy) is 2. The molecule has 7 nitrogen and oxygen atoms in total. The van der Waals surface area contributed by atoms with Crippen molar-refractivity contribution in [3.63, 3.8) is 0 Å². The Bertz CT molecular complexity index is 1360. The van der Waals surface area contributed by atoms with E-state index in [1.165, 1.54) is 31.3 Å². The van der Waals surface area contributed by atoms with Crippen molar-refractivity contribution < 1.29 is 29.0 Å². The molecule has 0 heterocycles. The number of aliphatic carboxylic acids is 1. The van der Waals surface area contributed by atoms with Gasteiger partial charge >= 0.3 is 17.9 Å². The molecule has 0 saturated heterocycles. The standard InChI is InChI=1S/C42H65NO6/c1-27(2)28-13-19-42(20-16-34(46)48-24-10-23-43)22-21-40(8)29(36(28)42)11-12-31-39(7)17-15-32(38(5,6)30(39)14-18-41(31,40)9)49-35(47)26-37(3,4)25-33(44)45/h28-32,36H,1,10-22,24-26H2,2-9H3,(H,44,45)/t28-,29+,30-,31+,32-,36+,39-,40+,41+,42-/m0/s1. The van der Waals surface area contributed by atoms with Crippen LogP contribution in [0.1, 0.15) is 152 Å². The number of esters is 2. The van der Waals surface area contributed by atoms with Crippen LogP contribution in [-0.2, 0) is 23.9 Å². The van der Waals surface area contributed by atoms with E-state index >= 15 is 0 Å². The maximum atomic E-state index is 13.2. The van der Waals surface area contributed by atoms with Crippen molar-refractivity contribution in [1.29, 1.82) is 5.26 Å². The Morgan fingerprint density at radius 3 is 2.24 bits per heavy atom. The van der Waals surface area contributed by atoms with E-state index in [1.807, 2.05) is 13.8 Å². The summed E-state index contributed by atoms with van der Waals surface area (Å²) in [5.74, 6) is 1.35. The minimum absolute atomic E-state index is 0.0537.